The van der Waals surface area contributed by atoms with Crippen molar-refractivity contribution in [3.05, 3.63) is 22.2 Å². The number of rotatable bonds is 1. The molecular weight excluding hydrogens is 258 g/mol. The van der Waals surface area contributed by atoms with E-state index in [1.54, 1.807) is 6.07 Å². The minimum Gasteiger partial charge on any atom is -0.504 e. The molecule has 1 aromatic carbocycles. The minimum atomic E-state index is -0.220. The van der Waals surface area contributed by atoms with Crippen LogP contribution in [0.5, 0.6) is 11.5 Å². The molecule has 2 rings (SSSR count). The normalized spacial score (nSPS) is 25.7. The first-order chi connectivity index (χ1) is 7.04. The van der Waals surface area contributed by atoms with Gasteiger partial charge in [-0.1, -0.05) is 6.07 Å². The zero-order valence-corrected chi connectivity index (χ0v) is 10.1. The molecule has 3 nitrogen and oxygen atoms in total. The molecule has 1 aliphatic heterocycles. The van der Waals surface area contributed by atoms with Crippen molar-refractivity contribution in [1.82, 2.24) is 5.32 Å². The highest BCUT2D eigenvalue weighted by Crippen LogP contribution is 2.43. The summed E-state index contributed by atoms with van der Waals surface area (Å²) in [5.41, 5.74) is 0.545. The molecule has 0 radical (unpaired) electrons. The highest BCUT2D eigenvalue weighted by molar-refractivity contribution is 9.10. The fraction of sp³-hybridized carbons (Fsp3) is 0.455. The first kappa shape index (κ1) is 10.8. The van der Waals surface area contributed by atoms with Gasteiger partial charge in [0.05, 0.1) is 4.47 Å². The summed E-state index contributed by atoms with van der Waals surface area (Å²) >= 11 is 3.18. The average molecular weight is 272 g/mol. The maximum Gasteiger partial charge on any atom is 0.172 e. The van der Waals surface area contributed by atoms with Crippen LogP contribution in [-0.4, -0.2) is 16.8 Å². The van der Waals surface area contributed by atoms with Crippen LogP contribution in [0.3, 0.4) is 0 Å². The van der Waals surface area contributed by atoms with Crippen LogP contribution >= 0.6 is 15.9 Å². The largest absolute Gasteiger partial charge is 0.504 e. The van der Waals surface area contributed by atoms with E-state index in [0.29, 0.717) is 4.47 Å². The number of aromatic hydroxyl groups is 2. The van der Waals surface area contributed by atoms with Gasteiger partial charge < -0.3 is 15.5 Å². The van der Waals surface area contributed by atoms with Gasteiger partial charge in [0, 0.05) is 11.1 Å². The van der Waals surface area contributed by atoms with Gasteiger partial charge in [0.1, 0.15) is 0 Å². The summed E-state index contributed by atoms with van der Waals surface area (Å²) < 4.78 is 0.519. The fourth-order valence-corrected chi connectivity index (χ4v) is 2.44. The standard InChI is InChI=1S/C11H14BrNO2/c1-11(5-2-6-13-11)7-3-4-8(12)10(15)9(7)14/h3-4,13-15H,2,5-6H2,1H3. The van der Waals surface area contributed by atoms with Gasteiger partial charge in [-0.15, -0.1) is 0 Å². The maximum absolute atomic E-state index is 9.88. The Morgan fingerprint density at radius 1 is 1.33 bits per heavy atom. The van der Waals surface area contributed by atoms with Crippen molar-refractivity contribution >= 4 is 15.9 Å². The lowest BCUT2D eigenvalue weighted by Gasteiger charge is -2.26. The van der Waals surface area contributed by atoms with Crippen LogP contribution in [0.1, 0.15) is 25.3 Å². The lowest BCUT2D eigenvalue weighted by Crippen LogP contribution is -2.33. The number of phenols is 2. The third-order valence-corrected chi connectivity index (χ3v) is 3.71. The summed E-state index contributed by atoms with van der Waals surface area (Å²) in [7, 11) is 0. The van der Waals surface area contributed by atoms with Crippen molar-refractivity contribution in [2.45, 2.75) is 25.3 Å². The number of benzene rings is 1. The van der Waals surface area contributed by atoms with Crippen molar-refractivity contribution in [3.8, 4) is 11.5 Å². The van der Waals surface area contributed by atoms with Gasteiger partial charge in [-0.05, 0) is 48.3 Å². The van der Waals surface area contributed by atoms with Crippen LogP contribution in [0.25, 0.3) is 0 Å². The summed E-state index contributed by atoms with van der Waals surface area (Å²) in [5, 5.41) is 22.9. The summed E-state index contributed by atoms with van der Waals surface area (Å²) in [6.45, 7) is 3.00. The molecule has 3 N–H and O–H groups in total. The molecule has 1 heterocycles. The van der Waals surface area contributed by atoms with Gasteiger partial charge in [0.2, 0.25) is 0 Å². The second-order valence-corrected chi connectivity index (χ2v) is 5.01. The topological polar surface area (TPSA) is 52.5 Å². The third-order valence-electron chi connectivity index (χ3n) is 3.07. The number of hydrogen-bond acceptors (Lipinski definition) is 3. The lowest BCUT2D eigenvalue weighted by molar-refractivity contribution is 0.364. The summed E-state index contributed by atoms with van der Waals surface area (Å²) in [4.78, 5) is 0. The Hall–Kier alpha value is -0.740. The van der Waals surface area contributed by atoms with Crippen molar-refractivity contribution < 1.29 is 10.2 Å². The van der Waals surface area contributed by atoms with E-state index in [1.165, 1.54) is 0 Å². The van der Waals surface area contributed by atoms with Gasteiger partial charge in [0.15, 0.2) is 11.5 Å². The smallest absolute Gasteiger partial charge is 0.172 e. The molecule has 1 fully saturated rings. The van der Waals surface area contributed by atoms with Gasteiger partial charge in [-0.2, -0.15) is 0 Å². The van der Waals surface area contributed by atoms with Crippen molar-refractivity contribution in [2.75, 3.05) is 6.54 Å². The molecule has 1 saturated heterocycles. The molecule has 1 unspecified atom stereocenters. The lowest BCUT2D eigenvalue weighted by atomic mass is 9.89. The number of hydrogen-bond donors (Lipinski definition) is 3. The molecule has 1 aromatic rings. The van der Waals surface area contributed by atoms with Crippen LogP contribution in [0.15, 0.2) is 16.6 Å². The van der Waals surface area contributed by atoms with E-state index in [2.05, 4.69) is 21.2 Å². The Bertz CT molecular complexity index is 386. The number of halogens is 1. The second-order valence-electron chi connectivity index (χ2n) is 4.15. The Balaban J connectivity index is 2.49. The molecule has 0 amide bonds. The first-order valence-corrected chi connectivity index (χ1v) is 5.80. The Kier molecular flexibility index (Phi) is 2.64. The molecule has 0 spiro atoms. The molecule has 0 bridgehead atoms. The van der Waals surface area contributed by atoms with Crippen LogP contribution in [-0.2, 0) is 5.54 Å². The van der Waals surface area contributed by atoms with E-state index in [9.17, 15) is 10.2 Å². The van der Waals surface area contributed by atoms with E-state index >= 15 is 0 Å². The summed E-state index contributed by atoms with van der Waals surface area (Å²) in [6.07, 6.45) is 2.06. The van der Waals surface area contributed by atoms with E-state index in [-0.39, 0.29) is 17.0 Å². The average Bonchev–Trinajstić information content (AvgIpc) is 2.62. The predicted octanol–water partition coefficient (Wildman–Crippen LogP) is 2.46. The molecule has 0 saturated carbocycles. The molecule has 0 aliphatic carbocycles. The van der Waals surface area contributed by atoms with Crippen molar-refractivity contribution in [2.24, 2.45) is 0 Å². The highest BCUT2D eigenvalue weighted by Gasteiger charge is 2.33. The second kappa shape index (κ2) is 3.68. The van der Waals surface area contributed by atoms with E-state index in [0.717, 1.165) is 24.9 Å². The SMILES string of the molecule is CC1(c2ccc(Br)c(O)c2O)CCCN1. The van der Waals surface area contributed by atoms with E-state index in [4.69, 9.17) is 0 Å². The van der Waals surface area contributed by atoms with Crippen LogP contribution in [0.4, 0.5) is 0 Å². The molecule has 4 heteroatoms. The zero-order valence-electron chi connectivity index (χ0n) is 8.55. The van der Waals surface area contributed by atoms with Gasteiger partial charge in [-0.25, -0.2) is 0 Å². The molecule has 15 heavy (non-hydrogen) atoms. The van der Waals surface area contributed by atoms with Crippen molar-refractivity contribution in [1.29, 1.82) is 0 Å². The van der Waals surface area contributed by atoms with Gasteiger partial charge in [-0.3, -0.25) is 0 Å². The summed E-state index contributed by atoms with van der Waals surface area (Å²) in [5.74, 6) is -0.108. The fourth-order valence-electron chi connectivity index (χ4n) is 2.12. The first-order valence-electron chi connectivity index (χ1n) is 5.00. The predicted molar refractivity (Wildman–Crippen MR) is 62.1 cm³/mol. The molecule has 1 atom stereocenters. The van der Waals surface area contributed by atoms with Gasteiger partial charge >= 0.3 is 0 Å². The van der Waals surface area contributed by atoms with Crippen molar-refractivity contribution in [3.63, 3.8) is 0 Å². The van der Waals surface area contributed by atoms with Gasteiger partial charge in [0.25, 0.3) is 0 Å². The van der Waals surface area contributed by atoms with Crippen LogP contribution in [0.2, 0.25) is 0 Å². The Morgan fingerprint density at radius 3 is 2.67 bits per heavy atom. The molecule has 0 aromatic heterocycles. The quantitative estimate of drug-likeness (QED) is 0.688. The zero-order chi connectivity index (χ0) is 11.1. The number of phenolic OH excluding ortho intramolecular Hbond substituents is 2. The highest BCUT2D eigenvalue weighted by atomic mass is 79.9. The molecule has 82 valence electrons. The molecular formula is C11H14BrNO2. The van der Waals surface area contributed by atoms with Crippen LogP contribution < -0.4 is 5.32 Å². The Labute approximate surface area is 97.3 Å². The molecule has 1 aliphatic rings. The Morgan fingerprint density at radius 2 is 2.07 bits per heavy atom. The third kappa shape index (κ3) is 1.72. The monoisotopic (exact) mass is 271 g/mol. The number of nitrogens with one attached hydrogen (secondary N) is 1. The van der Waals surface area contributed by atoms with E-state index < -0.39 is 0 Å². The van der Waals surface area contributed by atoms with E-state index in [1.807, 2.05) is 13.0 Å². The minimum absolute atomic E-state index is 0.0266. The summed E-state index contributed by atoms with van der Waals surface area (Å²) in [6, 6.07) is 3.60. The maximum atomic E-state index is 9.88. The van der Waals surface area contributed by atoms with Crippen LogP contribution in [0, 0.1) is 0 Å².